The molecule has 102 valence electrons. The van der Waals surface area contributed by atoms with Gasteiger partial charge in [0.25, 0.3) is 5.71 Å². The molecule has 3 heterocycles. The average molecular weight is 261 g/mol. The summed E-state index contributed by atoms with van der Waals surface area (Å²) >= 11 is 0. The molecule has 3 rings (SSSR count). The van der Waals surface area contributed by atoms with Crippen molar-refractivity contribution in [1.29, 1.82) is 0 Å². The van der Waals surface area contributed by atoms with Gasteiger partial charge in [0.05, 0.1) is 5.69 Å². The summed E-state index contributed by atoms with van der Waals surface area (Å²) in [6.45, 7) is 5.17. The summed E-state index contributed by atoms with van der Waals surface area (Å²) in [5.41, 5.74) is 1.42. The monoisotopic (exact) mass is 261 g/mol. The number of hydrogen-bond acceptors (Lipinski definition) is 6. The van der Waals surface area contributed by atoms with E-state index in [0.717, 1.165) is 42.5 Å². The molecule has 0 unspecified atom stereocenters. The fourth-order valence-electron chi connectivity index (χ4n) is 2.73. The maximum absolute atomic E-state index is 5.19. The second-order valence-electron chi connectivity index (χ2n) is 5.22. The molecule has 0 radical (unpaired) electrons. The molecule has 2 aromatic rings. The number of nitrogens with one attached hydrogen (secondary N) is 1. The van der Waals surface area contributed by atoms with E-state index >= 15 is 0 Å². The first-order valence-electron chi connectivity index (χ1n) is 6.74. The van der Waals surface area contributed by atoms with Crippen LogP contribution in [0.4, 0.5) is 5.82 Å². The minimum absolute atomic E-state index is 0.569. The molecule has 1 N–H and O–H groups in total. The standard InChI is InChI=1S/C13H19N5O/c1-9-11-12(15-8-16-13(11)19-17-9)18(2)7-10-3-5-14-6-4-10/h8,10,14H,3-7H2,1-2H3. The van der Waals surface area contributed by atoms with Crippen LogP contribution in [-0.2, 0) is 0 Å². The zero-order chi connectivity index (χ0) is 13.2. The predicted octanol–water partition coefficient (Wildman–Crippen LogP) is 1.36. The lowest BCUT2D eigenvalue weighted by molar-refractivity contribution is 0.377. The van der Waals surface area contributed by atoms with Gasteiger partial charge in [0.2, 0.25) is 0 Å². The van der Waals surface area contributed by atoms with E-state index in [4.69, 9.17) is 4.52 Å². The lowest BCUT2D eigenvalue weighted by Crippen LogP contribution is -2.34. The molecular weight excluding hydrogens is 242 g/mol. The van der Waals surface area contributed by atoms with Crippen molar-refractivity contribution >= 4 is 16.9 Å². The summed E-state index contributed by atoms with van der Waals surface area (Å²) in [4.78, 5) is 10.7. The number of nitrogens with zero attached hydrogens (tertiary/aromatic N) is 4. The van der Waals surface area contributed by atoms with Gasteiger partial charge in [-0.3, -0.25) is 0 Å². The lowest BCUT2D eigenvalue weighted by atomic mass is 9.97. The molecular formula is C13H19N5O. The number of rotatable bonds is 3. The Morgan fingerprint density at radius 2 is 2.16 bits per heavy atom. The highest BCUT2D eigenvalue weighted by Gasteiger charge is 2.19. The molecule has 0 atom stereocenters. The highest BCUT2D eigenvalue weighted by atomic mass is 16.5. The van der Waals surface area contributed by atoms with E-state index in [0.29, 0.717) is 5.71 Å². The molecule has 2 aromatic heterocycles. The molecule has 0 bridgehead atoms. The summed E-state index contributed by atoms with van der Waals surface area (Å²) in [5, 5.41) is 8.29. The molecule has 0 aliphatic carbocycles. The van der Waals surface area contributed by atoms with Gasteiger partial charge in [-0.2, -0.15) is 4.98 Å². The number of hydrogen-bond donors (Lipinski definition) is 1. The maximum Gasteiger partial charge on any atom is 0.263 e. The zero-order valence-corrected chi connectivity index (χ0v) is 11.4. The Morgan fingerprint density at radius 3 is 2.95 bits per heavy atom. The van der Waals surface area contributed by atoms with Crippen molar-refractivity contribution in [3.63, 3.8) is 0 Å². The molecule has 0 saturated carbocycles. The van der Waals surface area contributed by atoms with Gasteiger partial charge in [0, 0.05) is 13.6 Å². The predicted molar refractivity (Wildman–Crippen MR) is 73.2 cm³/mol. The fourth-order valence-corrected chi connectivity index (χ4v) is 2.73. The normalized spacial score (nSPS) is 16.9. The third kappa shape index (κ3) is 2.40. The van der Waals surface area contributed by atoms with Crippen LogP contribution in [0.25, 0.3) is 11.1 Å². The molecule has 0 aromatic carbocycles. The van der Waals surface area contributed by atoms with Crippen molar-refractivity contribution in [3.05, 3.63) is 12.0 Å². The van der Waals surface area contributed by atoms with Crippen molar-refractivity contribution in [3.8, 4) is 0 Å². The van der Waals surface area contributed by atoms with Gasteiger partial charge in [0.15, 0.2) is 0 Å². The second kappa shape index (κ2) is 5.13. The molecule has 19 heavy (non-hydrogen) atoms. The minimum Gasteiger partial charge on any atom is -0.359 e. The average Bonchev–Trinajstić information content (AvgIpc) is 2.82. The van der Waals surface area contributed by atoms with Crippen molar-refractivity contribution in [2.75, 3.05) is 31.6 Å². The van der Waals surface area contributed by atoms with Crippen LogP contribution in [0.15, 0.2) is 10.9 Å². The summed E-state index contributed by atoms with van der Waals surface area (Å²) in [5.74, 6) is 1.64. The number of fused-ring (bicyclic) bond motifs is 1. The van der Waals surface area contributed by atoms with Crippen LogP contribution in [0.3, 0.4) is 0 Å². The SMILES string of the molecule is Cc1noc2ncnc(N(C)CC3CCNCC3)c12. The number of aromatic nitrogens is 3. The van der Waals surface area contributed by atoms with E-state index in [9.17, 15) is 0 Å². The van der Waals surface area contributed by atoms with Crippen LogP contribution in [0, 0.1) is 12.8 Å². The highest BCUT2D eigenvalue weighted by Crippen LogP contribution is 2.26. The Hall–Kier alpha value is -1.69. The van der Waals surface area contributed by atoms with Crippen molar-refractivity contribution in [1.82, 2.24) is 20.4 Å². The van der Waals surface area contributed by atoms with Crippen molar-refractivity contribution in [2.24, 2.45) is 5.92 Å². The third-order valence-electron chi connectivity index (χ3n) is 3.78. The first-order valence-corrected chi connectivity index (χ1v) is 6.74. The summed E-state index contributed by atoms with van der Waals surface area (Å²) < 4.78 is 5.19. The van der Waals surface area contributed by atoms with Crippen LogP contribution in [0.2, 0.25) is 0 Å². The first kappa shape index (κ1) is 12.3. The summed E-state index contributed by atoms with van der Waals surface area (Å²) in [7, 11) is 2.08. The van der Waals surface area contributed by atoms with Gasteiger partial charge in [-0.25, -0.2) is 4.98 Å². The Kier molecular flexibility index (Phi) is 3.33. The van der Waals surface area contributed by atoms with Gasteiger partial charge < -0.3 is 14.7 Å². The van der Waals surface area contributed by atoms with Crippen LogP contribution in [-0.4, -0.2) is 41.8 Å². The van der Waals surface area contributed by atoms with E-state index in [2.05, 4.69) is 32.4 Å². The molecule has 6 heteroatoms. The number of aryl methyl sites for hydroxylation is 1. The van der Waals surface area contributed by atoms with Crippen molar-refractivity contribution in [2.45, 2.75) is 19.8 Å². The lowest BCUT2D eigenvalue weighted by Gasteiger charge is -2.28. The number of piperidine rings is 1. The van der Waals surface area contributed by atoms with Crippen LogP contribution >= 0.6 is 0 Å². The minimum atomic E-state index is 0.569. The largest absolute Gasteiger partial charge is 0.359 e. The quantitative estimate of drug-likeness (QED) is 0.900. The van der Waals surface area contributed by atoms with E-state index < -0.39 is 0 Å². The Bertz CT molecular complexity index is 561. The topological polar surface area (TPSA) is 67.1 Å². The molecule has 0 spiro atoms. The smallest absolute Gasteiger partial charge is 0.263 e. The molecule has 0 amide bonds. The zero-order valence-electron chi connectivity index (χ0n) is 11.4. The van der Waals surface area contributed by atoms with Crippen LogP contribution in [0.1, 0.15) is 18.5 Å². The molecule has 1 aliphatic rings. The Labute approximate surface area is 112 Å². The van der Waals surface area contributed by atoms with Gasteiger partial charge in [-0.15, -0.1) is 0 Å². The molecule has 1 aliphatic heterocycles. The van der Waals surface area contributed by atoms with Crippen LogP contribution < -0.4 is 10.2 Å². The molecule has 6 nitrogen and oxygen atoms in total. The maximum atomic E-state index is 5.19. The second-order valence-corrected chi connectivity index (χ2v) is 5.22. The van der Waals surface area contributed by atoms with E-state index in [-0.39, 0.29) is 0 Å². The van der Waals surface area contributed by atoms with Crippen LogP contribution in [0.5, 0.6) is 0 Å². The fraction of sp³-hybridized carbons (Fsp3) is 0.615. The first-order chi connectivity index (χ1) is 9.25. The van der Waals surface area contributed by atoms with Gasteiger partial charge in [-0.1, -0.05) is 5.16 Å². The number of anilines is 1. The summed E-state index contributed by atoms with van der Waals surface area (Å²) in [6, 6.07) is 0. The summed E-state index contributed by atoms with van der Waals surface area (Å²) in [6.07, 6.45) is 3.99. The van der Waals surface area contributed by atoms with E-state index in [1.165, 1.54) is 12.8 Å². The van der Waals surface area contributed by atoms with Gasteiger partial charge >= 0.3 is 0 Å². The third-order valence-corrected chi connectivity index (χ3v) is 3.78. The van der Waals surface area contributed by atoms with Crippen molar-refractivity contribution < 1.29 is 4.52 Å². The Balaban J connectivity index is 1.84. The molecule has 1 saturated heterocycles. The van der Waals surface area contributed by atoms with Gasteiger partial charge in [-0.05, 0) is 38.8 Å². The van der Waals surface area contributed by atoms with E-state index in [1.807, 2.05) is 6.92 Å². The Morgan fingerprint density at radius 1 is 1.37 bits per heavy atom. The van der Waals surface area contributed by atoms with E-state index in [1.54, 1.807) is 6.33 Å². The highest BCUT2D eigenvalue weighted by molar-refractivity contribution is 5.87. The molecule has 1 fully saturated rings. The van der Waals surface area contributed by atoms with Gasteiger partial charge in [0.1, 0.15) is 17.5 Å².